The number of imidazole rings is 1. The fraction of sp³-hybridized carbons (Fsp3) is 0.300. The number of fused-ring (bicyclic) bond motifs is 1. The van der Waals surface area contributed by atoms with E-state index in [4.69, 9.17) is 5.73 Å². The van der Waals surface area contributed by atoms with Crippen LogP contribution in [0.1, 0.15) is 12.5 Å². The van der Waals surface area contributed by atoms with Crippen molar-refractivity contribution in [1.82, 2.24) is 19.5 Å². The SMILES string of the molecule is Nc1ncnc2c1ncn2C1C=CC(S)C1. The van der Waals surface area contributed by atoms with Crippen molar-refractivity contribution < 1.29 is 0 Å². The molecule has 2 unspecified atom stereocenters. The second kappa shape index (κ2) is 3.48. The summed E-state index contributed by atoms with van der Waals surface area (Å²) in [4.78, 5) is 12.4. The Morgan fingerprint density at radius 3 is 2.94 bits per heavy atom. The minimum Gasteiger partial charge on any atom is -0.382 e. The lowest BCUT2D eigenvalue weighted by atomic mass is 10.2. The molecule has 2 heterocycles. The first kappa shape index (κ1) is 9.65. The van der Waals surface area contributed by atoms with Crippen molar-refractivity contribution in [3.8, 4) is 0 Å². The molecular weight excluding hydrogens is 222 g/mol. The summed E-state index contributed by atoms with van der Waals surface area (Å²) in [7, 11) is 0. The van der Waals surface area contributed by atoms with Crippen molar-refractivity contribution in [3.05, 3.63) is 24.8 Å². The maximum absolute atomic E-state index is 5.74. The standard InChI is InChI=1S/C10H11N5S/c11-9-8-10(13-4-12-9)15(5-14-8)6-1-2-7(16)3-6/h1-2,4-7,16H,3H2,(H2,11,12,13). The molecule has 5 nitrogen and oxygen atoms in total. The molecule has 0 fully saturated rings. The van der Waals surface area contributed by atoms with E-state index >= 15 is 0 Å². The van der Waals surface area contributed by atoms with E-state index in [-0.39, 0.29) is 6.04 Å². The normalized spacial score (nSPS) is 24.3. The third-order valence-electron chi connectivity index (χ3n) is 2.78. The lowest BCUT2D eigenvalue weighted by molar-refractivity contribution is 0.607. The Balaban J connectivity index is 2.12. The molecule has 2 atom stereocenters. The Morgan fingerprint density at radius 1 is 1.31 bits per heavy atom. The summed E-state index contributed by atoms with van der Waals surface area (Å²) in [6.45, 7) is 0. The van der Waals surface area contributed by atoms with E-state index < -0.39 is 0 Å². The molecule has 0 aromatic carbocycles. The van der Waals surface area contributed by atoms with Crippen molar-refractivity contribution in [2.24, 2.45) is 0 Å². The third kappa shape index (κ3) is 1.37. The van der Waals surface area contributed by atoms with Gasteiger partial charge in [-0.25, -0.2) is 15.0 Å². The predicted octanol–water partition coefficient (Wildman–Crippen LogP) is 1.21. The van der Waals surface area contributed by atoms with Gasteiger partial charge in [0.25, 0.3) is 0 Å². The summed E-state index contributed by atoms with van der Waals surface area (Å²) < 4.78 is 2.01. The molecule has 2 aromatic rings. The van der Waals surface area contributed by atoms with E-state index in [0.717, 1.165) is 12.1 Å². The maximum atomic E-state index is 5.74. The minimum absolute atomic E-state index is 0.266. The number of nitrogens with zero attached hydrogens (tertiary/aromatic N) is 4. The highest BCUT2D eigenvalue weighted by Gasteiger charge is 2.20. The number of allylic oxidation sites excluding steroid dienone is 1. The van der Waals surface area contributed by atoms with Gasteiger partial charge in [0.05, 0.1) is 12.4 Å². The van der Waals surface area contributed by atoms with Crippen LogP contribution in [0.4, 0.5) is 5.82 Å². The van der Waals surface area contributed by atoms with Gasteiger partial charge in [-0.15, -0.1) is 0 Å². The van der Waals surface area contributed by atoms with Crippen LogP contribution in [0, 0.1) is 0 Å². The monoisotopic (exact) mass is 233 g/mol. The molecule has 1 aliphatic carbocycles. The van der Waals surface area contributed by atoms with Crippen LogP contribution in [0.2, 0.25) is 0 Å². The molecule has 0 amide bonds. The predicted molar refractivity (Wildman–Crippen MR) is 65.3 cm³/mol. The highest BCUT2D eigenvalue weighted by Crippen LogP contribution is 2.29. The Hall–Kier alpha value is -1.56. The molecule has 82 valence electrons. The first-order valence-electron chi connectivity index (χ1n) is 5.05. The van der Waals surface area contributed by atoms with Gasteiger partial charge >= 0.3 is 0 Å². The van der Waals surface area contributed by atoms with Crippen LogP contribution in [-0.4, -0.2) is 24.8 Å². The van der Waals surface area contributed by atoms with Gasteiger partial charge in [0.2, 0.25) is 0 Å². The fourth-order valence-electron chi connectivity index (χ4n) is 1.98. The third-order valence-corrected chi connectivity index (χ3v) is 3.17. The maximum Gasteiger partial charge on any atom is 0.165 e. The topological polar surface area (TPSA) is 69.6 Å². The molecule has 3 rings (SSSR count). The molecule has 0 saturated carbocycles. The Labute approximate surface area is 97.8 Å². The van der Waals surface area contributed by atoms with Crippen LogP contribution < -0.4 is 5.73 Å². The number of hydrogen-bond acceptors (Lipinski definition) is 5. The fourth-order valence-corrected chi connectivity index (χ4v) is 2.30. The summed E-state index contributed by atoms with van der Waals surface area (Å²) in [6, 6.07) is 0.266. The number of nitrogen functional groups attached to an aromatic ring is 1. The Morgan fingerprint density at radius 2 is 2.19 bits per heavy atom. The first-order valence-corrected chi connectivity index (χ1v) is 5.57. The van der Waals surface area contributed by atoms with Crippen molar-refractivity contribution in [3.63, 3.8) is 0 Å². The second-order valence-corrected chi connectivity index (χ2v) is 4.50. The number of anilines is 1. The van der Waals surface area contributed by atoms with Crippen LogP contribution in [0.3, 0.4) is 0 Å². The highest BCUT2D eigenvalue weighted by molar-refractivity contribution is 7.81. The Bertz CT molecular complexity index is 561. The molecule has 0 saturated heterocycles. The van der Waals surface area contributed by atoms with Gasteiger partial charge in [-0.1, -0.05) is 12.2 Å². The lowest BCUT2D eigenvalue weighted by Gasteiger charge is -2.10. The van der Waals surface area contributed by atoms with E-state index in [1.54, 1.807) is 6.33 Å². The first-order chi connectivity index (χ1) is 7.75. The van der Waals surface area contributed by atoms with Gasteiger partial charge in [-0.3, -0.25) is 0 Å². The van der Waals surface area contributed by atoms with Crippen LogP contribution in [0.15, 0.2) is 24.8 Å². The van der Waals surface area contributed by atoms with Crippen molar-refractivity contribution in [2.75, 3.05) is 5.73 Å². The molecule has 1 aliphatic rings. The Kier molecular flexibility index (Phi) is 2.10. The second-order valence-electron chi connectivity index (χ2n) is 3.84. The van der Waals surface area contributed by atoms with E-state index in [9.17, 15) is 0 Å². The summed E-state index contributed by atoms with van der Waals surface area (Å²) in [6.07, 6.45) is 8.39. The van der Waals surface area contributed by atoms with Gasteiger partial charge in [-0.05, 0) is 6.42 Å². The van der Waals surface area contributed by atoms with Crippen molar-refractivity contribution in [1.29, 1.82) is 0 Å². The summed E-state index contributed by atoms with van der Waals surface area (Å²) in [5.74, 6) is 0.424. The lowest BCUT2D eigenvalue weighted by Crippen LogP contribution is -2.06. The van der Waals surface area contributed by atoms with E-state index in [0.29, 0.717) is 16.6 Å². The average molecular weight is 233 g/mol. The number of hydrogen-bond donors (Lipinski definition) is 2. The number of rotatable bonds is 1. The largest absolute Gasteiger partial charge is 0.382 e. The molecule has 0 radical (unpaired) electrons. The smallest absolute Gasteiger partial charge is 0.165 e. The number of aromatic nitrogens is 4. The van der Waals surface area contributed by atoms with Gasteiger partial charge in [0.1, 0.15) is 11.8 Å². The van der Waals surface area contributed by atoms with Crippen LogP contribution in [-0.2, 0) is 0 Å². The highest BCUT2D eigenvalue weighted by atomic mass is 32.1. The van der Waals surface area contributed by atoms with Gasteiger partial charge in [-0.2, -0.15) is 12.6 Å². The summed E-state index contributed by atoms with van der Waals surface area (Å²) in [5.41, 5.74) is 7.18. The van der Waals surface area contributed by atoms with Crippen molar-refractivity contribution in [2.45, 2.75) is 17.7 Å². The van der Waals surface area contributed by atoms with Crippen LogP contribution in [0.5, 0.6) is 0 Å². The summed E-state index contributed by atoms with van der Waals surface area (Å²) >= 11 is 4.42. The quantitative estimate of drug-likeness (QED) is 0.573. The van der Waals surface area contributed by atoms with E-state index in [1.165, 1.54) is 6.33 Å². The van der Waals surface area contributed by atoms with E-state index in [1.807, 2.05) is 4.57 Å². The molecule has 0 aliphatic heterocycles. The van der Waals surface area contributed by atoms with Crippen LogP contribution in [0.25, 0.3) is 11.2 Å². The molecule has 0 spiro atoms. The zero-order valence-electron chi connectivity index (χ0n) is 8.48. The molecule has 0 bridgehead atoms. The molecule has 16 heavy (non-hydrogen) atoms. The molecular formula is C10H11N5S. The molecule has 2 aromatic heterocycles. The van der Waals surface area contributed by atoms with Gasteiger partial charge in [0, 0.05) is 5.25 Å². The zero-order chi connectivity index (χ0) is 11.1. The van der Waals surface area contributed by atoms with Gasteiger partial charge < -0.3 is 10.3 Å². The average Bonchev–Trinajstić information content (AvgIpc) is 2.84. The number of nitrogens with two attached hydrogens (primary N) is 1. The summed E-state index contributed by atoms with van der Waals surface area (Å²) in [5, 5.41) is 0.307. The van der Waals surface area contributed by atoms with Gasteiger partial charge in [0.15, 0.2) is 11.5 Å². The van der Waals surface area contributed by atoms with Crippen molar-refractivity contribution >= 4 is 29.6 Å². The van der Waals surface area contributed by atoms with E-state index in [2.05, 4.69) is 39.7 Å². The minimum atomic E-state index is 0.266. The molecule has 6 heteroatoms. The van der Waals surface area contributed by atoms with Crippen LogP contribution >= 0.6 is 12.6 Å². The number of thiol groups is 1. The zero-order valence-corrected chi connectivity index (χ0v) is 9.38. The molecule has 2 N–H and O–H groups in total.